The van der Waals surface area contributed by atoms with Crippen molar-refractivity contribution in [1.82, 2.24) is 24.4 Å². The summed E-state index contributed by atoms with van der Waals surface area (Å²) >= 11 is 1.76. The summed E-state index contributed by atoms with van der Waals surface area (Å²) in [5.74, 6) is 2.22. The molecule has 0 aromatic carbocycles. The molecule has 7 heteroatoms. The minimum absolute atomic E-state index is 0.910. The van der Waals surface area contributed by atoms with Crippen LogP contribution in [0.4, 0.5) is 5.82 Å². The zero-order valence-corrected chi connectivity index (χ0v) is 15.2. The zero-order valence-electron chi connectivity index (χ0n) is 14.4. The number of aryl methyl sites for hydroxylation is 3. The summed E-state index contributed by atoms with van der Waals surface area (Å²) in [6, 6.07) is 0. The predicted octanol–water partition coefficient (Wildman–Crippen LogP) is 2.36. The van der Waals surface area contributed by atoms with Gasteiger partial charge in [0.25, 0.3) is 0 Å². The first-order chi connectivity index (χ1) is 11.6. The molecule has 0 N–H and O–H groups in total. The van der Waals surface area contributed by atoms with E-state index in [0.717, 1.165) is 49.2 Å². The van der Waals surface area contributed by atoms with Crippen molar-refractivity contribution in [3.05, 3.63) is 35.0 Å². The molecule has 1 aliphatic heterocycles. The molecule has 0 saturated carbocycles. The maximum absolute atomic E-state index is 4.61. The third-order valence-electron chi connectivity index (χ3n) is 4.90. The molecule has 4 rings (SSSR count). The molecule has 0 radical (unpaired) electrons. The molecule has 0 unspecified atom stereocenters. The van der Waals surface area contributed by atoms with Crippen molar-refractivity contribution in [2.75, 3.05) is 31.1 Å². The summed E-state index contributed by atoms with van der Waals surface area (Å²) in [7, 11) is 2.05. The van der Waals surface area contributed by atoms with E-state index in [-0.39, 0.29) is 0 Å². The first-order valence-electron chi connectivity index (χ1n) is 8.27. The van der Waals surface area contributed by atoms with Gasteiger partial charge in [-0.2, -0.15) is 0 Å². The minimum Gasteiger partial charge on any atom is -0.353 e. The van der Waals surface area contributed by atoms with Crippen molar-refractivity contribution in [3.63, 3.8) is 0 Å². The maximum Gasteiger partial charge on any atom is 0.141 e. The van der Waals surface area contributed by atoms with Crippen molar-refractivity contribution >= 4 is 27.4 Å². The second kappa shape index (κ2) is 6.14. The van der Waals surface area contributed by atoms with E-state index in [1.54, 1.807) is 17.7 Å². The van der Waals surface area contributed by atoms with Gasteiger partial charge in [-0.25, -0.2) is 15.0 Å². The largest absolute Gasteiger partial charge is 0.353 e. The van der Waals surface area contributed by atoms with Gasteiger partial charge < -0.3 is 9.47 Å². The number of hydrogen-bond donors (Lipinski definition) is 0. The van der Waals surface area contributed by atoms with Gasteiger partial charge >= 0.3 is 0 Å². The van der Waals surface area contributed by atoms with Crippen LogP contribution in [0.5, 0.6) is 0 Å². The number of fused-ring (bicyclic) bond motifs is 1. The van der Waals surface area contributed by atoms with Crippen LogP contribution in [0.3, 0.4) is 0 Å². The monoisotopic (exact) mass is 342 g/mol. The number of rotatable bonds is 3. The topological polar surface area (TPSA) is 50.1 Å². The summed E-state index contributed by atoms with van der Waals surface area (Å²) in [4.78, 5) is 20.8. The Hall–Kier alpha value is -1.99. The Morgan fingerprint density at radius 2 is 1.88 bits per heavy atom. The molecule has 126 valence electrons. The van der Waals surface area contributed by atoms with E-state index in [1.807, 2.05) is 12.4 Å². The van der Waals surface area contributed by atoms with Gasteiger partial charge in [-0.15, -0.1) is 11.3 Å². The normalized spacial score (nSPS) is 16.2. The summed E-state index contributed by atoms with van der Waals surface area (Å²) in [5, 5.41) is 1.23. The lowest BCUT2D eigenvalue weighted by molar-refractivity contribution is 0.241. The Labute approximate surface area is 145 Å². The van der Waals surface area contributed by atoms with Crippen molar-refractivity contribution in [2.24, 2.45) is 7.05 Å². The van der Waals surface area contributed by atoms with Gasteiger partial charge in [-0.3, -0.25) is 4.90 Å². The van der Waals surface area contributed by atoms with Gasteiger partial charge in [0.15, 0.2) is 0 Å². The lowest BCUT2D eigenvalue weighted by atomic mass is 10.2. The van der Waals surface area contributed by atoms with Gasteiger partial charge in [-0.1, -0.05) is 0 Å². The van der Waals surface area contributed by atoms with Crippen LogP contribution in [0.1, 0.15) is 16.3 Å². The maximum atomic E-state index is 4.61. The molecule has 24 heavy (non-hydrogen) atoms. The first kappa shape index (κ1) is 15.5. The van der Waals surface area contributed by atoms with Crippen molar-refractivity contribution < 1.29 is 0 Å². The van der Waals surface area contributed by atoms with Crippen molar-refractivity contribution in [3.8, 4) is 0 Å². The average Bonchev–Trinajstić information content (AvgIpc) is 3.12. The Bertz CT molecular complexity index is 859. The third-order valence-corrected chi connectivity index (χ3v) is 6.02. The summed E-state index contributed by atoms with van der Waals surface area (Å²) in [6.07, 6.45) is 5.57. The van der Waals surface area contributed by atoms with Crippen molar-refractivity contribution in [1.29, 1.82) is 0 Å². The Morgan fingerprint density at radius 3 is 2.58 bits per heavy atom. The van der Waals surface area contributed by atoms with Gasteiger partial charge in [0, 0.05) is 50.5 Å². The Kier molecular flexibility index (Phi) is 3.97. The fraction of sp³-hybridized carbons (Fsp3) is 0.471. The molecule has 0 bridgehead atoms. The van der Waals surface area contributed by atoms with Gasteiger partial charge in [0.2, 0.25) is 0 Å². The van der Waals surface area contributed by atoms with Crippen LogP contribution in [-0.2, 0) is 13.6 Å². The number of piperazine rings is 1. The molecule has 3 aromatic rings. The molecule has 0 atom stereocenters. The molecular weight excluding hydrogens is 320 g/mol. The molecular formula is C17H22N6S. The molecule has 0 spiro atoms. The highest BCUT2D eigenvalue weighted by Crippen LogP contribution is 2.34. The fourth-order valence-corrected chi connectivity index (χ4v) is 4.26. The smallest absolute Gasteiger partial charge is 0.141 e. The number of hydrogen-bond acceptors (Lipinski definition) is 6. The predicted molar refractivity (Wildman–Crippen MR) is 97.6 cm³/mol. The van der Waals surface area contributed by atoms with E-state index >= 15 is 0 Å². The second-order valence-corrected chi connectivity index (χ2v) is 7.58. The lowest BCUT2D eigenvalue weighted by Gasteiger charge is -2.35. The fourth-order valence-electron chi connectivity index (χ4n) is 3.27. The van der Waals surface area contributed by atoms with Crippen LogP contribution in [0, 0.1) is 13.8 Å². The van der Waals surface area contributed by atoms with E-state index in [2.05, 4.69) is 50.2 Å². The SMILES string of the molecule is Cc1sc2ncnc(N3CCN(Cc4nccn4C)CC3)c2c1C. The quantitative estimate of drug-likeness (QED) is 0.731. The highest BCUT2D eigenvalue weighted by Gasteiger charge is 2.22. The number of thiophene rings is 1. The molecule has 3 aromatic heterocycles. The van der Waals surface area contributed by atoms with Crippen LogP contribution in [-0.4, -0.2) is 50.6 Å². The van der Waals surface area contributed by atoms with E-state index in [1.165, 1.54) is 15.8 Å². The summed E-state index contributed by atoms with van der Waals surface area (Å²) in [5.41, 5.74) is 1.32. The number of anilines is 1. The van der Waals surface area contributed by atoms with Crippen LogP contribution in [0.25, 0.3) is 10.2 Å². The molecule has 0 amide bonds. The molecule has 4 heterocycles. The van der Waals surface area contributed by atoms with Crippen LogP contribution in [0.15, 0.2) is 18.7 Å². The van der Waals surface area contributed by atoms with Crippen molar-refractivity contribution in [2.45, 2.75) is 20.4 Å². The van der Waals surface area contributed by atoms with E-state index < -0.39 is 0 Å². The third kappa shape index (κ3) is 2.67. The van der Waals surface area contributed by atoms with E-state index in [9.17, 15) is 0 Å². The minimum atomic E-state index is 0.910. The first-order valence-corrected chi connectivity index (χ1v) is 9.09. The molecule has 1 saturated heterocycles. The van der Waals surface area contributed by atoms with E-state index in [0.29, 0.717) is 0 Å². The van der Waals surface area contributed by atoms with Gasteiger partial charge in [-0.05, 0) is 19.4 Å². The van der Waals surface area contributed by atoms with Crippen LogP contribution < -0.4 is 4.90 Å². The molecule has 1 fully saturated rings. The molecule has 0 aliphatic carbocycles. The standard InChI is InChI=1S/C17H22N6S/c1-12-13(2)24-17-15(12)16(19-11-20-17)23-8-6-22(7-9-23)10-14-18-4-5-21(14)3/h4-5,11H,6-10H2,1-3H3. The van der Waals surface area contributed by atoms with Gasteiger partial charge in [0.05, 0.1) is 11.9 Å². The highest BCUT2D eigenvalue weighted by molar-refractivity contribution is 7.18. The average molecular weight is 342 g/mol. The zero-order chi connectivity index (χ0) is 16.7. The van der Waals surface area contributed by atoms with Crippen LogP contribution >= 0.6 is 11.3 Å². The summed E-state index contributed by atoms with van der Waals surface area (Å²) in [6.45, 7) is 9.29. The molecule has 6 nitrogen and oxygen atoms in total. The molecule has 1 aliphatic rings. The van der Waals surface area contributed by atoms with Gasteiger partial charge in [0.1, 0.15) is 22.8 Å². The Morgan fingerprint density at radius 1 is 1.08 bits per heavy atom. The highest BCUT2D eigenvalue weighted by atomic mass is 32.1. The second-order valence-electron chi connectivity index (χ2n) is 6.38. The van der Waals surface area contributed by atoms with Crippen LogP contribution in [0.2, 0.25) is 0 Å². The summed E-state index contributed by atoms with van der Waals surface area (Å²) < 4.78 is 2.10. The number of imidazole rings is 1. The number of nitrogens with zero attached hydrogens (tertiary/aromatic N) is 6. The number of aromatic nitrogens is 4. The lowest BCUT2D eigenvalue weighted by Crippen LogP contribution is -2.46. The Balaban J connectivity index is 1.51. The van der Waals surface area contributed by atoms with E-state index in [4.69, 9.17) is 0 Å².